The highest BCUT2D eigenvalue weighted by atomic mass is 16.5. The summed E-state index contributed by atoms with van der Waals surface area (Å²) >= 11 is 0. The summed E-state index contributed by atoms with van der Waals surface area (Å²) in [6.07, 6.45) is 0.774. The Labute approximate surface area is 84.4 Å². The van der Waals surface area contributed by atoms with Crippen molar-refractivity contribution < 1.29 is 9.53 Å². The average Bonchev–Trinajstić information content (AvgIpc) is 2.45. The van der Waals surface area contributed by atoms with Crippen LogP contribution in [0, 0.1) is 5.92 Å². The maximum Gasteiger partial charge on any atom is 0.252 e. The van der Waals surface area contributed by atoms with Crippen LogP contribution < -0.4 is 5.73 Å². The van der Waals surface area contributed by atoms with E-state index in [4.69, 9.17) is 10.5 Å². The molecule has 2 unspecified atom stereocenters. The first kappa shape index (κ1) is 9.93. The first-order valence-corrected chi connectivity index (χ1v) is 5.19. The molecule has 0 radical (unpaired) electrons. The second kappa shape index (κ2) is 3.21. The summed E-state index contributed by atoms with van der Waals surface area (Å²) in [4.78, 5) is 13.7. The molecule has 4 heteroatoms. The van der Waals surface area contributed by atoms with Gasteiger partial charge in [-0.2, -0.15) is 0 Å². The van der Waals surface area contributed by atoms with Crippen LogP contribution in [-0.2, 0) is 9.53 Å². The smallest absolute Gasteiger partial charge is 0.252 e. The molecule has 4 nitrogen and oxygen atoms in total. The molecular formula is C10H18N2O2. The molecule has 2 rings (SSSR count). The van der Waals surface area contributed by atoms with Gasteiger partial charge in [-0.25, -0.2) is 0 Å². The SMILES string of the molecule is CC1CCOC1C(=O)N1CC(C)(N)C1. The van der Waals surface area contributed by atoms with E-state index in [9.17, 15) is 4.79 Å². The highest BCUT2D eigenvalue weighted by Crippen LogP contribution is 2.26. The van der Waals surface area contributed by atoms with Crippen molar-refractivity contribution in [1.82, 2.24) is 4.90 Å². The standard InChI is InChI=1S/C10H18N2O2/c1-7-3-4-14-8(7)9(13)12-5-10(2,11)6-12/h7-8H,3-6,11H2,1-2H3. The number of ether oxygens (including phenoxy) is 1. The van der Waals surface area contributed by atoms with E-state index in [0.29, 0.717) is 25.6 Å². The Morgan fingerprint density at radius 3 is 2.64 bits per heavy atom. The molecule has 2 aliphatic heterocycles. The van der Waals surface area contributed by atoms with Crippen molar-refractivity contribution >= 4 is 5.91 Å². The van der Waals surface area contributed by atoms with Gasteiger partial charge in [-0.05, 0) is 19.3 Å². The minimum atomic E-state index is -0.217. The maximum absolute atomic E-state index is 11.9. The number of hydrogen-bond acceptors (Lipinski definition) is 3. The van der Waals surface area contributed by atoms with E-state index in [0.717, 1.165) is 6.42 Å². The van der Waals surface area contributed by atoms with E-state index >= 15 is 0 Å². The number of amides is 1. The molecule has 2 atom stereocenters. The largest absolute Gasteiger partial charge is 0.368 e. The van der Waals surface area contributed by atoms with Gasteiger partial charge in [-0.1, -0.05) is 6.92 Å². The van der Waals surface area contributed by atoms with Crippen molar-refractivity contribution in [2.24, 2.45) is 11.7 Å². The van der Waals surface area contributed by atoms with Crippen LogP contribution in [0.2, 0.25) is 0 Å². The van der Waals surface area contributed by atoms with Crippen LogP contribution in [0.4, 0.5) is 0 Å². The fraction of sp³-hybridized carbons (Fsp3) is 0.900. The van der Waals surface area contributed by atoms with Gasteiger partial charge in [-0.15, -0.1) is 0 Å². The van der Waals surface area contributed by atoms with Crippen LogP contribution in [0.1, 0.15) is 20.3 Å². The number of carbonyl (C=O) groups is 1. The van der Waals surface area contributed by atoms with E-state index in [2.05, 4.69) is 6.92 Å². The molecule has 2 aliphatic rings. The first-order chi connectivity index (χ1) is 6.49. The van der Waals surface area contributed by atoms with Crippen molar-refractivity contribution in [2.75, 3.05) is 19.7 Å². The molecule has 1 amide bonds. The van der Waals surface area contributed by atoms with Gasteiger partial charge >= 0.3 is 0 Å². The zero-order valence-electron chi connectivity index (χ0n) is 8.82. The monoisotopic (exact) mass is 198 g/mol. The Balaban J connectivity index is 1.90. The molecule has 0 aliphatic carbocycles. The summed E-state index contributed by atoms with van der Waals surface area (Å²) in [5.74, 6) is 0.477. The predicted octanol–water partition coefficient (Wildman–Crippen LogP) is -0.0290. The number of hydrogen-bond donors (Lipinski definition) is 1. The number of likely N-dealkylation sites (tertiary alicyclic amines) is 1. The quantitative estimate of drug-likeness (QED) is 0.644. The van der Waals surface area contributed by atoms with E-state index in [-0.39, 0.29) is 17.6 Å². The lowest BCUT2D eigenvalue weighted by Gasteiger charge is -2.46. The van der Waals surface area contributed by atoms with Crippen molar-refractivity contribution in [3.63, 3.8) is 0 Å². The molecule has 0 spiro atoms. The lowest BCUT2D eigenvalue weighted by Crippen LogP contribution is -2.68. The molecular weight excluding hydrogens is 180 g/mol. The minimum Gasteiger partial charge on any atom is -0.368 e. The molecule has 2 N–H and O–H groups in total. The van der Waals surface area contributed by atoms with Gasteiger partial charge in [0.1, 0.15) is 6.10 Å². The second-order valence-electron chi connectivity index (χ2n) is 4.91. The lowest BCUT2D eigenvalue weighted by atomic mass is 9.92. The Morgan fingerprint density at radius 2 is 2.21 bits per heavy atom. The van der Waals surface area contributed by atoms with Crippen molar-refractivity contribution in [3.05, 3.63) is 0 Å². The Hall–Kier alpha value is -0.610. The molecule has 0 bridgehead atoms. The van der Waals surface area contributed by atoms with Crippen LogP contribution in [-0.4, -0.2) is 42.1 Å². The van der Waals surface area contributed by atoms with Gasteiger partial charge in [-0.3, -0.25) is 4.79 Å². The van der Waals surface area contributed by atoms with Crippen molar-refractivity contribution in [1.29, 1.82) is 0 Å². The van der Waals surface area contributed by atoms with Crippen LogP contribution in [0.15, 0.2) is 0 Å². The second-order valence-corrected chi connectivity index (χ2v) is 4.91. The third-order valence-corrected chi connectivity index (χ3v) is 3.05. The van der Waals surface area contributed by atoms with Crippen LogP contribution in [0.25, 0.3) is 0 Å². The van der Waals surface area contributed by atoms with E-state index in [1.807, 2.05) is 6.92 Å². The summed E-state index contributed by atoms with van der Waals surface area (Å²) in [5.41, 5.74) is 5.67. The van der Waals surface area contributed by atoms with Gasteiger partial charge in [0.2, 0.25) is 0 Å². The Bertz CT molecular complexity index is 245. The highest BCUT2D eigenvalue weighted by molar-refractivity contribution is 5.82. The predicted molar refractivity (Wildman–Crippen MR) is 52.7 cm³/mol. The van der Waals surface area contributed by atoms with E-state index in [1.54, 1.807) is 4.90 Å². The minimum absolute atomic E-state index is 0.123. The zero-order chi connectivity index (χ0) is 10.3. The fourth-order valence-corrected chi connectivity index (χ4v) is 2.17. The summed E-state index contributed by atoms with van der Waals surface area (Å²) in [6.45, 7) is 6.08. The number of rotatable bonds is 1. The molecule has 2 heterocycles. The zero-order valence-corrected chi connectivity index (χ0v) is 8.82. The number of carbonyl (C=O) groups excluding carboxylic acids is 1. The average molecular weight is 198 g/mol. The van der Waals surface area contributed by atoms with Gasteiger partial charge < -0.3 is 15.4 Å². The van der Waals surface area contributed by atoms with Gasteiger partial charge in [0.15, 0.2) is 0 Å². The normalized spacial score (nSPS) is 35.5. The summed E-state index contributed by atoms with van der Waals surface area (Å²) < 4.78 is 5.42. The first-order valence-electron chi connectivity index (χ1n) is 5.19. The molecule has 0 aromatic carbocycles. The molecule has 0 saturated carbocycles. The Morgan fingerprint density at radius 1 is 1.57 bits per heavy atom. The van der Waals surface area contributed by atoms with Crippen molar-refractivity contribution in [3.8, 4) is 0 Å². The lowest BCUT2D eigenvalue weighted by molar-refractivity contribution is -0.149. The molecule has 0 aromatic heterocycles. The summed E-state index contributed by atoms with van der Waals surface area (Å²) in [6, 6.07) is 0. The van der Waals surface area contributed by atoms with Gasteiger partial charge in [0.25, 0.3) is 5.91 Å². The highest BCUT2D eigenvalue weighted by Gasteiger charge is 2.43. The third-order valence-electron chi connectivity index (χ3n) is 3.05. The molecule has 2 fully saturated rings. The number of nitrogens with zero attached hydrogens (tertiary/aromatic N) is 1. The molecule has 0 aromatic rings. The fourth-order valence-electron chi connectivity index (χ4n) is 2.17. The van der Waals surface area contributed by atoms with Gasteiger partial charge in [0.05, 0.1) is 0 Å². The molecule has 2 saturated heterocycles. The Kier molecular flexibility index (Phi) is 2.27. The third kappa shape index (κ3) is 1.64. The van der Waals surface area contributed by atoms with Crippen LogP contribution in [0.5, 0.6) is 0 Å². The summed E-state index contributed by atoms with van der Waals surface area (Å²) in [5, 5.41) is 0. The van der Waals surface area contributed by atoms with Crippen molar-refractivity contribution in [2.45, 2.75) is 31.9 Å². The van der Waals surface area contributed by atoms with E-state index in [1.165, 1.54) is 0 Å². The molecule has 80 valence electrons. The van der Waals surface area contributed by atoms with Crippen LogP contribution >= 0.6 is 0 Å². The van der Waals surface area contributed by atoms with Crippen LogP contribution in [0.3, 0.4) is 0 Å². The summed E-state index contributed by atoms with van der Waals surface area (Å²) in [7, 11) is 0. The maximum atomic E-state index is 11.9. The number of nitrogens with two attached hydrogens (primary N) is 1. The molecule has 14 heavy (non-hydrogen) atoms. The van der Waals surface area contributed by atoms with E-state index < -0.39 is 0 Å². The topological polar surface area (TPSA) is 55.6 Å². The van der Waals surface area contributed by atoms with Gasteiger partial charge in [0, 0.05) is 25.2 Å².